The number of primary amides is 1. The third-order valence-electron chi connectivity index (χ3n) is 6.00. The van der Waals surface area contributed by atoms with E-state index in [9.17, 15) is 31.1 Å². The molecule has 1 unspecified atom stereocenters. The molecule has 1 aromatic rings. The molecule has 4 N–H and O–H groups in total. The third-order valence-corrected chi connectivity index (χ3v) is 6.00. The Morgan fingerprint density at radius 2 is 1.69 bits per heavy atom. The molecule has 0 saturated carbocycles. The van der Waals surface area contributed by atoms with Gasteiger partial charge in [-0.05, 0) is 67.5 Å². The van der Waals surface area contributed by atoms with Gasteiger partial charge in [0.1, 0.15) is 11.6 Å². The topological polar surface area (TPSA) is 90.7 Å². The Morgan fingerprint density at radius 3 is 2.18 bits per heavy atom. The number of carbonyl (C=O) groups is 1. The van der Waals surface area contributed by atoms with Crippen LogP contribution in [0.4, 0.5) is 26.3 Å². The summed E-state index contributed by atoms with van der Waals surface area (Å²) in [5.41, 5.74) is 9.91. The van der Waals surface area contributed by atoms with Gasteiger partial charge < -0.3 is 16.2 Å². The Labute approximate surface area is 223 Å². The van der Waals surface area contributed by atoms with Gasteiger partial charge in [-0.2, -0.15) is 26.3 Å². The van der Waals surface area contributed by atoms with Crippen LogP contribution in [0.3, 0.4) is 0 Å². The van der Waals surface area contributed by atoms with E-state index in [-0.39, 0.29) is 30.5 Å². The molecule has 0 bridgehead atoms. The van der Waals surface area contributed by atoms with Gasteiger partial charge in [0.05, 0.1) is 18.2 Å². The minimum atomic E-state index is -5.00. The maximum absolute atomic E-state index is 13.2. The number of rotatable bonds is 10. The molecule has 5 nitrogen and oxygen atoms in total. The molecule has 0 aromatic heterocycles. The molecule has 1 aliphatic rings. The Balaban J connectivity index is 2.33. The van der Waals surface area contributed by atoms with Gasteiger partial charge in [-0.3, -0.25) is 9.79 Å². The van der Waals surface area contributed by atoms with Crippen LogP contribution in [0.2, 0.25) is 0 Å². The Hall–Kier alpha value is -3.76. The van der Waals surface area contributed by atoms with Crippen molar-refractivity contribution in [2.45, 2.75) is 45.5 Å². The van der Waals surface area contributed by atoms with Crippen molar-refractivity contribution in [3.63, 3.8) is 0 Å². The molecule has 0 spiro atoms. The average molecular weight is 556 g/mol. The van der Waals surface area contributed by atoms with Crippen LogP contribution in [0.5, 0.6) is 0 Å². The maximum atomic E-state index is 13.2. The number of allylic oxidation sites excluding steroid dienone is 7. The zero-order valence-corrected chi connectivity index (χ0v) is 21.8. The van der Waals surface area contributed by atoms with E-state index in [2.05, 4.69) is 4.99 Å². The first-order valence-electron chi connectivity index (χ1n) is 12.1. The highest BCUT2D eigenvalue weighted by Crippen LogP contribution is 2.36. The highest BCUT2D eigenvalue weighted by molar-refractivity contribution is 5.98. The number of amides is 1. The molecular formula is C28H31F6N3O2. The Kier molecular flexibility index (Phi) is 10.8. The lowest BCUT2D eigenvalue weighted by molar-refractivity contribution is -0.143. The largest absolute Gasteiger partial charge is 0.497 e. The monoisotopic (exact) mass is 555 g/mol. The number of hydrogen-bond donors (Lipinski definition) is 2. The minimum absolute atomic E-state index is 0.0280. The highest BCUT2D eigenvalue weighted by Gasteiger charge is 2.37. The van der Waals surface area contributed by atoms with Gasteiger partial charge in [-0.1, -0.05) is 37.3 Å². The molecule has 0 fully saturated rings. The number of halogens is 6. The number of alkyl halides is 6. The fraction of sp³-hybridized carbons (Fsp3) is 0.357. The zero-order valence-electron chi connectivity index (χ0n) is 21.8. The lowest BCUT2D eigenvalue weighted by Crippen LogP contribution is -2.19. The van der Waals surface area contributed by atoms with E-state index < -0.39 is 40.8 Å². The van der Waals surface area contributed by atoms with Crippen LogP contribution in [0.1, 0.15) is 49.8 Å². The van der Waals surface area contributed by atoms with Crippen LogP contribution < -0.4 is 11.5 Å². The molecule has 1 aromatic carbocycles. The van der Waals surface area contributed by atoms with E-state index in [0.717, 1.165) is 12.0 Å². The summed E-state index contributed by atoms with van der Waals surface area (Å²) < 4.78 is 84.4. The summed E-state index contributed by atoms with van der Waals surface area (Å²) in [6.07, 6.45) is 2.09. The second-order valence-electron chi connectivity index (χ2n) is 8.71. The summed E-state index contributed by atoms with van der Waals surface area (Å²) in [5, 5.41) is 0. The van der Waals surface area contributed by atoms with E-state index in [1.807, 2.05) is 13.0 Å². The van der Waals surface area contributed by atoms with E-state index in [0.29, 0.717) is 29.9 Å². The fourth-order valence-corrected chi connectivity index (χ4v) is 3.96. The lowest BCUT2D eigenvalue weighted by atomic mass is 9.95. The van der Waals surface area contributed by atoms with E-state index in [1.54, 1.807) is 44.4 Å². The van der Waals surface area contributed by atoms with Gasteiger partial charge in [-0.25, -0.2) is 0 Å². The van der Waals surface area contributed by atoms with Crippen LogP contribution >= 0.6 is 0 Å². The SMILES string of the molecule is CC=CC(C=C(C(N)=O)C1=CCC(CC)=C(OC)C=C1)CCN=C(N)c1cc(C(F)(F)F)cc(C(F)(F)F)c1. The number of nitrogens with two attached hydrogens (primary N) is 2. The second kappa shape index (κ2) is 13.3. The van der Waals surface area contributed by atoms with E-state index in [1.165, 1.54) is 0 Å². The standard InChI is InChI=1S/C28H31F6N3O2/c1-4-6-17(13-23(26(36)38)19-8-7-18(5-2)24(39-3)10-9-19)11-12-37-25(35)20-14-21(27(29,30)31)16-22(15-20)28(32,33)34/h4,6,8-10,13-17H,5,7,11-12H2,1-3H3,(H2,35,37)(H2,36,38). The van der Waals surface area contributed by atoms with Gasteiger partial charge in [0, 0.05) is 17.7 Å². The zero-order chi connectivity index (χ0) is 29.4. The first-order valence-corrected chi connectivity index (χ1v) is 12.1. The number of aliphatic imine (C=N–C) groups is 1. The number of hydrogen-bond acceptors (Lipinski definition) is 3. The molecule has 11 heteroatoms. The first kappa shape index (κ1) is 31.5. The molecule has 0 saturated heterocycles. The predicted molar refractivity (Wildman–Crippen MR) is 138 cm³/mol. The smallest absolute Gasteiger partial charge is 0.416 e. The molecular weight excluding hydrogens is 524 g/mol. The normalized spacial score (nSPS) is 16.4. The van der Waals surface area contributed by atoms with Crippen LogP contribution in [0, 0.1) is 5.92 Å². The number of benzene rings is 1. The van der Waals surface area contributed by atoms with Gasteiger partial charge in [0.25, 0.3) is 0 Å². The first-order chi connectivity index (χ1) is 18.2. The molecule has 1 aliphatic carbocycles. The van der Waals surface area contributed by atoms with Crippen molar-refractivity contribution in [2.24, 2.45) is 22.4 Å². The van der Waals surface area contributed by atoms with Crippen LogP contribution in [0.15, 0.2) is 82.1 Å². The second-order valence-corrected chi connectivity index (χ2v) is 8.71. The summed E-state index contributed by atoms with van der Waals surface area (Å²) in [4.78, 5) is 16.3. The molecule has 2 rings (SSSR count). The summed E-state index contributed by atoms with van der Waals surface area (Å²) >= 11 is 0. The predicted octanol–water partition coefficient (Wildman–Crippen LogP) is 6.62. The average Bonchev–Trinajstić information content (AvgIpc) is 3.07. The van der Waals surface area contributed by atoms with Crippen LogP contribution in [-0.4, -0.2) is 25.4 Å². The molecule has 0 radical (unpaired) electrons. The number of methoxy groups -OCH3 is 1. The number of carbonyl (C=O) groups excluding carboxylic acids is 1. The van der Waals surface area contributed by atoms with Crippen molar-refractivity contribution in [1.29, 1.82) is 0 Å². The number of amidine groups is 1. The van der Waals surface area contributed by atoms with E-state index >= 15 is 0 Å². The molecule has 0 heterocycles. The molecule has 212 valence electrons. The van der Waals surface area contributed by atoms with Crippen LogP contribution in [0.25, 0.3) is 0 Å². The maximum Gasteiger partial charge on any atom is 0.416 e. The third kappa shape index (κ3) is 8.90. The summed E-state index contributed by atoms with van der Waals surface area (Å²) in [5.74, 6) is -0.805. The van der Waals surface area contributed by atoms with Crippen molar-refractivity contribution >= 4 is 11.7 Å². The van der Waals surface area contributed by atoms with Crippen LogP contribution in [-0.2, 0) is 21.9 Å². The lowest BCUT2D eigenvalue weighted by Gasteiger charge is -2.14. The fourth-order valence-electron chi connectivity index (χ4n) is 3.96. The van der Waals surface area contributed by atoms with E-state index in [4.69, 9.17) is 16.2 Å². The Bertz CT molecular complexity index is 1200. The van der Waals surface area contributed by atoms with Gasteiger partial charge in [0.2, 0.25) is 5.91 Å². The van der Waals surface area contributed by atoms with Crippen molar-refractivity contribution < 1.29 is 35.9 Å². The molecule has 1 amide bonds. The van der Waals surface area contributed by atoms with Crippen molar-refractivity contribution in [2.75, 3.05) is 13.7 Å². The van der Waals surface area contributed by atoms with Crippen molar-refractivity contribution in [3.05, 3.63) is 93.8 Å². The van der Waals surface area contributed by atoms with Gasteiger partial charge in [0.15, 0.2) is 0 Å². The highest BCUT2D eigenvalue weighted by atomic mass is 19.4. The van der Waals surface area contributed by atoms with Gasteiger partial charge >= 0.3 is 12.4 Å². The molecule has 39 heavy (non-hydrogen) atoms. The molecule has 0 aliphatic heterocycles. The summed E-state index contributed by atoms with van der Waals surface area (Å²) in [7, 11) is 1.56. The quantitative estimate of drug-likeness (QED) is 0.112. The summed E-state index contributed by atoms with van der Waals surface area (Å²) in [6.45, 7) is 3.71. The minimum Gasteiger partial charge on any atom is -0.497 e. The van der Waals surface area contributed by atoms with Crippen molar-refractivity contribution in [1.82, 2.24) is 0 Å². The molecule has 1 atom stereocenters. The Morgan fingerprint density at radius 1 is 1.08 bits per heavy atom. The number of ether oxygens (including phenoxy) is 1. The summed E-state index contributed by atoms with van der Waals surface area (Å²) in [6, 6.07) is 1.08. The van der Waals surface area contributed by atoms with Gasteiger partial charge in [-0.15, -0.1) is 0 Å². The number of nitrogens with zero attached hydrogens (tertiary/aromatic N) is 1. The van der Waals surface area contributed by atoms with Crippen molar-refractivity contribution in [3.8, 4) is 0 Å².